The average Bonchev–Trinajstić information content (AvgIpc) is 2.66. The van der Waals surface area contributed by atoms with E-state index in [-0.39, 0.29) is 5.75 Å². The van der Waals surface area contributed by atoms with E-state index in [4.69, 9.17) is 5.26 Å². The van der Waals surface area contributed by atoms with E-state index < -0.39 is 12.2 Å². The van der Waals surface area contributed by atoms with E-state index in [1.54, 1.807) is 12.1 Å². The number of aryl methyl sites for hydroxylation is 1. The van der Waals surface area contributed by atoms with Gasteiger partial charge in [-0.05, 0) is 61.3 Å². The minimum Gasteiger partial charge on any atom is -0.406 e. The van der Waals surface area contributed by atoms with Crippen molar-refractivity contribution in [2.24, 2.45) is 11.8 Å². The maximum absolute atomic E-state index is 12.8. The van der Waals surface area contributed by atoms with Crippen LogP contribution in [-0.4, -0.2) is 6.36 Å². The van der Waals surface area contributed by atoms with Crippen LogP contribution >= 0.6 is 0 Å². The van der Waals surface area contributed by atoms with Crippen LogP contribution in [0.5, 0.6) is 5.75 Å². The number of nitrogens with zero attached hydrogens (tertiary/aromatic N) is 1. The minimum atomic E-state index is -4.65. The number of benzene rings is 1. The first-order valence-electron chi connectivity index (χ1n) is 9.96. The Hall–Kier alpha value is -2.03. The maximum atomic E-state index is 12.8. The van der Waals surface area contributed by atoms with Crippen molar-refractivity contribution in [1.29, 1.82) is 5.26 Å². The molecular formula is C22H27F4NO. The van der Waals surface area contributed by atoms with Crippen LogP contribution in [0.2, 0.25) is 0 Å². The van der Waals surface area contributed by atoms with E-state index in [9.17, 15) is 17.6 Å². The van der Waals surface area contributed by atoms with Gasteiger partial charge < -0.3 is 4.74 Å². The second kappa shape index (κ2) is 11.1. The Morgan fingerprint density at radius 3 is 2.21 bits per heavy atom. The highest BCUT2D eigenvalue weighted by molar-refractivity contribution is 5.27. The Bertz CT molecular complexity index is 653. The molecule has 0 radical (unpaired) electrons. The lowest BCUT2D eigenvalue weighted by Gasteiger charge is -2.28. The third kappa shape index (κ3) is 8.77. The molecule has 1 aliphatic carbocycles. The van der Waals surface area contributed by atoms with Gasteiger partial charge in [-0.25, -0.2) is 0 Å². The van der Waals surface area contributed by atoms with Gasteiger partial charge >= 0.3 is 6.36 Å². The molecule has 1 aromatic carbocycles. The normalized spacial score (nSPS) is 20.6. The maximum Gasteiger partial charge on any atom is 0.573 e. The molecule has 0 N–H and O–H groups in total. The SMILES string of the molecule is N#C/C(F)=C/CC[C@H]1CC[C@H](CCCCc2ccc(OC(F)(F)F)cc2)CC1. The highest BCUT2D eigenvalue weighted by Crippen LogP contribution is 2.34. The summed E-state index contributed by atoms with van der Waals surface area (Å²) in [5.41, 5.74) is 1.02. The minimum absolute atomic E-state index is 0.182. The molecule has 6 heteroatoms. The summed E-state index contributed by atoms with van der Waals surface area (Å²) < 4.78 is 53.1. The lowest BCUT2D eigenvalue weighted by Crippen LogP contribution is -2.17. The molecule has 1 aromatic rings. The third-order valence-electron chi connectivity index (χ3n) is 5.46. The van der Waals surface area contributed by atoms with Gasteiger partial charge in [-0.15, -0.1) is 13.2 Å². The molecule has 0 heterocycles. The summed E-state index contributed by atoms with van der Waals surface area (Å²) in [4.78, 5) is 0. The number of unbranched alkanes of at least 4 members (excludes halogenated alkanes) is 1. The van der Waals surface area contributed by atoms with Gasteiger partial charge in [-0.3, -0.25) is 0 Å². The fourth-order valence-corrected chi connectivity index (χ4v) is 3.92. The zero-order valence-corrected chi connectivity index (χ0v) is 16.0. The molecular weight excluding hydrogens is 370 g/mol. The van der Waals surface area contributed by atoms with Crippen molar-refractivity contribution in [3.8, 4) is 11.8 Å². The Kier molecular flexibility index (Phi) is 8.82. The molecule has 0 amide bonds. The zero-order valence-electron chi connectivity index (χ0n) is 16.0. The summed E-state index contributed by atoms with van der Waals surface area (Å²) in [6, 6.07) is 7.61. The van der Waals surface area contributed by atoms with Crippen molar-refractivity contribution < 1.29 is 22.3 Å². The number of rotatable bonds is 9. The highest BCUT2D eigenvalue weighted by atomic mass is 19.4. The Morgan fingerprint density at radius 2 is 1.64 bits per heavy atom. The van der Waals surface area contributed by atoms with Gasteiger partial charge in [-0.2, -0.15) is 9.65 Å². The van der Waals surface area contributed by atoms with Gasteiger partial charge in [0.1, 0.15) is 11.8 Å². The fraction of sp³-hybridized carbons (Fsp3) is 0.591. The summed E-state index contributed by atoms with van der Waals surface area (Å²) in [5.74, 6) is 0.511. The number of ether oxygens (including phenoxy) is 1. The van der Waals surface area contributed by atoms with Gasteiger partial charge in [0.25, 0.3) is 0 Å². The van der Waals surface area contributed by atoms with Crippen molar-refractivity contribution in [3.05, 3.63) is 41.7 Å². The van der Waals surface area contributed by atoms with Crippen molar-refractivity contribution in [2.75, 3.05) is 0 Å². The molecule has 1 fully saturated rings. The van der Waals surface area contributed by atoms with Crippen LogP contribution in [0.25, 0.3) is 0 Å². The van der Waals surface area contributed by atoms with Crippen LogP contribution in [0, 0.1) is 23.2 Å². The molecule has 0 atom stereocenters. The lowest BCUT2D eigenvalue weighted by atomic mass is 9.78. The van der Waals surface area contributed by atoms with Gasteiger partial charge in [0.05, 0.1) is 0 Å². The summed E-state index contributed by atoms with van der Waals surface area (Å²) in [5, 5.41) is 8.39. The average molecular weight is 397 g/mol. The standard InChI is InChI=1S/C22H27F4NO/c23-20(16-27)7-3-6-19-10-8-17(9-11-19)4-1-2-5-18-12-14-21(15-13-18)28-22(24,25)26/h7,12-15,17,19H,1-6,8-11H2/b20-7-/t17-,19-. The molecule has 0 unspecified atom stereocenters. The van der Waals surface area contributed by atoms with Gasteiger partial charge in [-0.1, -0.05) is 50.7 Å². The Morgan fingerprint density at radius 1 is 1.04 bits per heavy atom. The molecule has 0 saturated heterocycles. The molecule has 1 saturated carbocycles. The van der Waals surface area contributed by atoms with Crippen LogP contribution in [0.15, 0.2) is 36.2 Å². The zero-order chi connectivity index (χ0) is 20.4. The van der Waals surface area contributed by atoms with Gasteiger partial charge in [0.15, 0.2) is 5.83 Å². The number of hydrogen-bond donors (Lipinski definition) is 0. The first-order valence-corrected chi connectivity index (χ1v) is 9.96. The number of halogens is 4. The monoisotopic (exact) mass is 397 g/mol. The van der Waals surface area contributed by atoms with Crippen LogP contribution < -0.4 is 4.74 Å². The van der Waals surface area contributed by atoms with E-state index in [0.29, 0.717) is 12.3 Å². The number of nitriles is 1. The van der Waals surface area contributed by atoms with E-state index in [1.165, 1.54) is 56.4 Å². The number of alkyl halides is 3. The van der Waals surface area contributed by atoms with Crippen molar-refractivity contribution in [2.45, 2.75) is 70.6 Å². The van der Waals surface area contributed by atoms with Gasteiger partial charge in [0.2, 0.25) is 0 Å². The van der Waals surface area contributed by atoms with E-state index in [1.807, 2.05) is 0 Å². The highest BCUT2D eigenvalue weighted by Gasteiger charge is 2.30. The topological polar surface area (TPSA) is 33.0 Å². The number of hydrogen-bond acceptors (Lipinski definition) is 2. The Balaban J connectivity index is 1.58. The third-order valence-corrected chi connectivity index (χ3v) is 5.46. The lowest BCUT2D eigenvalue weighted by molar-refractivity contribution is -0.274. The van der Waals surface area contributed by atoms with Crippen LogP contribution in [0.1, 0.15) is 63.4 Å². The summed E-state index contributed by atoms with van der Waals surface area (Å²) >= 11 is 0. The molecule has 154 valence electrons. The molecule has 0 aliphatic heterocycles. The summed E-state index contributed by atoms with van der Waals surface area (Å²) in [6.07, 6.45) is 7.28. The Labute approximate surface area is 164 Å². The second-order valence-electron chi connectivity index (χ2n) is 7.57. The predicted octanol–water partition coefficient (Wildman–Crippen LogP) is 7.26. The molecule has 0 spiro atoms. The first-order chi connectivity index (χ1) is 13.4. The molecule has 28 heavy (non-hydrogen) atoms. The largest absolute Gasteiger partial charge is 0.573 e. The van der Waals surface area contributed by atoms with E-state index >= 15 is 0 Å². The summed E-state index contributed by atoms with van der Waals surface area (Å²) in [6.45, 7) is 0. The smallest absolute Gasteiger partial charge is 0.406 e. The first kappa shape index (κ1) is 22.3. The number of allylic oxidation sites excluding steroid dienone is 2. The predicted molar refractivity (Wildman–Crippen MR) is 100 cm³/mol. The quantitative estimate of drug-likeness (QED) is 0.249. The molecule has 2 rings (SSSR count). The van der Waals surface area contributed by atoms with E-state index in [0.717, 1.165) is 37.2 Å². The fourth-order valence-electron chi connectivity index (χ4n) is 3.92. The molecule has 0 bridgehead atoms. The van der Waals surface area contributed by atoms with Crippen molar-refractivity contribution in [3.63, 3.8) is 0 Å². The van der Waals surface area contributed by atoms with Crippen LogP contribution in [0.4, 0.5) is 17.6 Å². The van der Waals surface area contributed by atoms with Crippen molar-refractivity contribution in [1.82, 2.24) is 0 Å². The van der Waals surface area contributed by atoms with Gasteiger partial charge in [0, 0.05) is 0 Å². The molecule has 2 nitrogen and oxygen atoms in total. The molecule has 0 aromatic heterocycles. The van der Waals surface area contributed by atoms with Crippen LogP contribution in [-0.2, 0) is 6.42 Å². The molecule has 1 aliphatic rings. The van der Waals surface area contributed by atoms with Crippen molar-refractivity contribution >= 4 is 0 Å². The van der Waals surface area contributed by atoms with E-state index in [2.05, 4.69) is 4.74 Å². The second-order valence-corrected chi connectivity index (χ2v) is 7.57. The summed E-state index contributed by atoms with van der Waals surface area (Å²) in [7, 11) is 0. The van der Waals surface area contributed by atoms with Crippen LogP contribution in [0.3, 0.4) is 0 Å².